The molecule has 3 rings (SSSR count). The van der Waals surface area contributed by atoms with Crippen molar-refractivity contribution < 1.29 is 9.18 Å². The summed E-state index contributed by atoms with van der Waals surface area (Å²) in [5.74, 6) is 0.375. The van der Waals surface area contributed by atoms with E-state index in [1.165, 1.54) is 6.07 Å². The van der Waals surface area contributed by atoms with Gasteiger partial charge in [0.05, 0.1) is 0 Å². The molecule has 1 aromatic carbocycles. The highest BCUT2D eigenvalue weighted by atomic mass is 19.1. The number of aromatic amines is 1. The quantitative estimate of drug-likeness (QED) is 0.922. The number of piperidine rings is 1. The fraction of sp³-hybridized carbons (Fsp3) is 0.444. The second-order valence-corrected chi connectivity index (χ2v) is 6.23. The lowest BCUT2D eigenvalue weighted by Crippen LogP contribution is -2.40. The number of halogens is 1. The van der Waals surface area contributed by atoms with Crippen molar-refractivity contribution in [1.29, 1.82) is 0 Å². The molecule has 1 atom stereocenters. The van der Waals surface area contributed by atoms with Crippen molar-refractivity contribution in [2.45, 2.75) is 32.1 Å². The largest absolute Gasteiger partial charge is 0.342 e. The third-order valence-electron chi connectivity index (χ3n) is 4.50. The molecule has 2 aromatic rings. The molecular weight excluding hydrogens is 293 g/mol. The molecule has 1 unspecified atom stereocenters. The average Bonchev–Trinajstić information content (AvgIpc) is 3.07. The second kappa shape index (κ2) is 7.40. The lowest BCUT2D eigenvalue weighted by Gasteiger charge is -2.32. The van der Waals surface area contributed by atoms with Gasteiger partial charge in [-0.05, 0) is 49.3 Å². The van der Waals surface area contributed by atoms with Crippen molar-refractivity contribution >= 4 is 5.91 Å². The van der Waals surface area contributed by atoms with E-state index < -0.39 is 0 Å². The fourth-order valence-electron chi connectivity index (χ4n) is 3.27. The molecular formula is C18H22FN3O. The Balaban J connectivity index is 1.51. The molecule has 1 amide bonds. The van der Waals surface area contributed by atoms with Gasteiger partial charge in [-0.25, -0.2) is 4.39 Å². The number of likely N-dealkylation sites (tertiary alicyclic amines) is 1. The van der Waals surface area contributed by atoms with Crippen LogP contribution in [0.5, 0.6) is 0 Å². The Morgan fingerprint density at radius 2 is 2.22 bits per heavy atom. The monoisotopic (exact) mass is 315 g/mol. The van der Waals surface area contributed by atoms with Gasteiger partial charge in [0.2, 0.25) is 5.91 Å². The Bertz CT molecular complexity index is 641. The Morgan fingerprint density at radius 3 is 3.00 bits per heavy atom. The first-order valence-electron chi connectivity index (χ1n) is 8.22. The Kier molecular flexibility index (Phi) is 5.05. The van der Waals surface area contributed by atoms with Crippen LogP contribution in [0.2, 0.25) is 0 Å². The third kappa shape index (κ3) is 4.18. The summed E-state index contributed by atoms with van der Waals surface area (Å²) in [4.78, 5) is 14.3. The standard InChI is InChI=1S/C18H22FN3O/c19-17-6-2-1-5-15(17)7-8-18(23)22-11-3-4-14(13-22)12-16-9-10-20-21-16/h1-2,5-6,9-10,14H,3-4,7-8,11-13H2,(H,20,21). The van der Waals surface area contributed by atoms with E-state index in [2.05, 4.69) is 10.2 Å². The van der Waals surface area contributed by atoms with Gasteiger partial charge in [0.1, 0.15) is 5.82 Å². The van der Waals surface area contributed by atoms with Crippen molar-refractivity contribution in [3.63, 3.8) is 0 Å². The molecule has 1 saturated heterocycles. The SMILES string of the molecule is O=C(CCc1ccccc1F)N1CCCC(Cc2ccn[nH]2)C1. The van der Waals surface area contributed by atoms with E-state index in [1.807, 2.05) is 17.0 Å². The van der Waals surface area contributed by atoms with Gasteiger partial charge in [0.25, 0.3) is 0 Å². The Morgan fingerprint density at radius 1 is 1.35 bits per heavy atom. The van der Waals surface area contributed by atoms with E-state index >= 15 is 0 Å². The summed E-state index contributed by atoms with van der Waals surface area (Å²) in [5, 5.41) is 6.96. The van der Waals surface area contributed by atoms with Crippen molar-refractivity contribution in [1.82, 2.24) is 15.1 Å². The van der Waals surface area contributed by atoms with Gasteiger partial charge in [-0.2, -0.15) is 5.10 Å². The molecule has 4 nitrogen and oxygen atoms in total. The number of H-pyrrole nitrogens is 1. The van der Waals surface area contributed by atoms with Crippen LogP contribution in [0.3, 0.4) is 0 Å². The summed E-state index contributed by atoms with van der Waals surface area (Å²) in [6, 6.07) is 8.66. The average molecular weight is 315 g/mol. The normalized spacial score (nSPS) is 18.1. The Hall–Kier alpha value is -2.17. The second-order valence-electron chi connectivity index (χ2n) is 6.23. The molecule has 2 heterocycles. The number of hydrogen-bond donors (Lipinski definition) is 1. The number of hydrogen-bond acceptors (Lipinski definition) is 2. The van der Waals surface area contributed by atoms with Crippen LogP contribution in [0.15, 0.2) is 36.5 Å². The Labute approximate surface area is 135 Å². The molecule has 23 heavy (non-hydrogen) atoms. The summed E-state index contributed by atoms with van der Waals surface area (Å²) in [6.45, 7) is 1.60. The zero-order chi connectivity index (χ0) is 16.1. The number of aromatic nitrogens is 2. The zero-order valence-electron chi connectivity index (χ0n) is 13.2. The maximum atomic E-state index is 13.6. The van der Waals surface area contributed by atoms with Gasteiger partial charge in [-0.15, -0.1) is 0 Å². The number of benzene rings is 1. The van der Waals surface area contributed by atoms with Crippen molar-refractivity contribution in [2.75, 3.05) is 13.1 Å². The van der Waals surface area contributed by atoms with Gasteiger partial charge < -0.3 is 4.90 Å². The highest BCUT2D eigenvalue weighted by Crippen LogP contribution is 2.21. The van der Waals surface area contributed by atoms with Crippen LogP contribution in [0.4, 0.5) is 4.39 Å². The van der Waals surface area contributed by atoms with E-state index in [1.54, 1.807) is 18.3 Å². The lowest BCUT2D eigenvalue weighted by molar-refractivity contribution is -0.133. The third-order valence-corrected chi connectivity index (χ3v) is 4.50. The van der Waals surface area contributed by atoms with Crippen molar-refractivity contribution in [3.05, 3.63) is 53.6 Å². The molecule has 0 radical (unpaired) electrons. The smallest absolute Gasteiger partial charge is 0.222 e. The van der Waals surface area contributed by atoms with Crippen LogP contribution in [0, 0.1) is 11.7 Å². The minimum atomic E-state index is -0.226. The number of carbonyl (C=O) groups is 1. The summed E-state index contributed by atoms with van der Waals surface area (Å²) in [5.41, 5.74) is 1.74. The zero-order valence-corrected chi connectivity index (χ0v) is 13.2. The van der Waals surface area contributed by atoms with Crippen LogP contribution < -0.4 is 0 Å². The maximum absolute atomic E-state index is 13.6. The molecule has 122 valence electrons. The molecule has 5 heteroatoms. The topological polar surface area (TPSA) is 49.0 Å². The van der Waals surface area contributed by atoms with E-state index in [0.29, 0.717) is 24.3 Å². The molecule has 0 bridgehead atoms. The number of aryl methyl sites for hydroxylation is 1. The van der Waals surface area contributed by atoms with Crippen molar-refractivity contribution in [3.8, 4) is 0 Å². The molecule has 1 N–H and O–H groups in total. The molecule has 0 spiro atoms. The molecule has 1 fully saturated rings. The van der Waals surface area contributed by atoms with E-state index in [4.69, 9.17) is 0 Å². The van der Waals surface area contributed by atoms with E-state index in [-0.39, 0.29) is 11.7 Å². The highest BCUT2D eigenvalue weighted by molar-refractivity contribution is 5.76. The van der Waals surface area contributed by atoms with Gasteiger partial charge in [-0.3, -0.25) is 9.89 Å². The van der Waals surface area contributed by atoms with Crippen LogP contribution in [-0.4, -0.2) is 34.1 Å². The number of nitrogens with zero attached hydrogens (tertiary/aromatic N) is 2. The lowest BCUT2D eigenvalue weighted by atomic mass is 9.93. The highest BCUT2D eigenvalue weighted by Gasteiger charge is 2.24. The summed E-state index contributed by atoms with van der Waals surface area (Å²) >= 11 is 0. The van der Waals surface area contributed by atoms with Gasteiger partial charge >= 0.3 is 0 Å². The minimum Gasteiger partial charge on any atom is -0.342 e. The molecule has 0 saturated carbocycles. The van der Waals surface area contributed by atoms with E-state index in [0.717, 1.165) is 38.0 Å². The molecule has 1 aromatic heterocycles. The number of rotatable bonds is 5. The minimum absolute atomic E-state index is 0.127. The van der Waals surface area contributed by atoms with Gasteiger partial charge in [0, 0.05) is 31.4 Å². The van der Waals surface area contributed by atoms with Crippen LogP contribution in [0.1, 0.15) is 30.5 Å². The predicted octanol–water partition coefficient (Wildman–Crippen LogP) is 2.96. The summed E-state index contributed by atoms with van der Waals surface area (Å²) in [6.07, 6.45) is 5.69. The van der Waals surface area contributed by atoms with Gasteiger partial charge in [0.15, 0.2) is 0 Å². The fourth-order valence-corrected chi connectivity index (χ4v) is 3.27. The number of amides is 1. The van der Waals surface area contributed by atoms with Gasteiger partial charge in [-0.1, -0.05) is 18.2 Å². The van der Waals surface area contributed by atoms with Crippen LogP contribution in [-0.2, 0) is 17.6 Å². The predicted molar refractivity (Wildman–Crippen MR) is 86.3 cm³/mol. The first kappa shape index (κ1) is 15.7. The number of nitrogens with one attached hydrogen (secondary N) is 1. The summed E-state index contributed by atoms with van der Waals surface area (Å²) < 4.78 is 13.6. The first-order valence-corrected chi connectivity index (χ1v) is 8.22. The van der Waals surface area contributed by atoms with E-state index in [9.17, 15) is 9.18 Å². The van der Waals surface area contributed by atoms with Crippen LogP contribution in [0.25, 0.3) is 0 Å². The molecule has 1 aliphatic heterocycles. The number of carbonyl (C=O) groups excluding carboxylic acids is 1. The molecule has 0 aliphatic carbocycles. The van der Waals surface area contributed by atoms with Crippen molar-refractivity contribution in [2.24, 2.45) is 5.92 Å². The maximum Gasteiger partial charge on any atom is 0.222 e. The molecule has 1 aliphatic rings. The summed E-state index contributed by atoms with van der Waals surface area (Å²) in [7, 11) is 0. The van der Waals surface area contributed by atoms with Crippen LogP contribution >= 0.6 is 0 Å². The first-order chi connectivity index (χ1) is 11.2.